The van der Waals surface area contributed by atoms with Gasteiger partial charge in [-0.3, -0.25) is 9.48 Å². The number of nitrogens with one attached hydrogen (secondary N) is 1. The summed E-state index contributed by atoms with van der Waals surface area (Å²) in [5.74, 6) is 1.63. The maximum absolute atomic E-state index is 12.5. The largest absolute Gasteiger partial charge is 0.339 e. The molecule has 1 saturated heterocycles. The fourth-order valence-electron chi connectivity index (χ4n) is 4.94. The third kappa shape index (κ3) is 3.29. The standard InChI is InChI=1S/C20H28N6O/c27-19-10-15(14-25(19)16-4-1-2-5-16)13-24-9-7-22-20(24)18-11-17-12-21-6-3-8-26(17)23-18/h7,9,11,15-16,21H,1-6,8,10,12-14H2/t15-/m0/s1. The summed E-state index contributed by atoms with van der Waals surface area (Å²) >= 11 is 0. The zero-order chi connectivity index (χ0) is 18.2. The summed E-state index contributed by atoms with van der Waals surface area (Å²) in [6.45, 7) is 4.59. The number of aromatic nitrogens is 4. The number of imidazole rings is 1. The van der Waals surface area contributed by atoms with Crippen LogP contribution in [-0.4, -0.2) is 49.3 Å². The predicted octanol–water partition coefficient (Wildman–Crippen LogP) is 2.03. The Morgan fingerprint density at radius 2 is 2.11 bits per heavy atom. The third-order valence-corrected chi connectivity index (χ3v) is 6.30. The lowest BCUT2D eigenvalue weighted by Gasteiger charge is -2.24. The second-order valence-electron chi connectivity index (χ2n) is 8.23. The second kappa shape index (κ2) is 7.11. The van der Waals surface area contributed by atoms with Gasteiger partial charge in [0.25, 0.3) is 0 Å². The minimum Gasteiger partial charge on any atom is -0.339 e. The van der Waals surface area contributed by atoms with Crippen molar-refractivity contribution in [3.63, 3.8) is 0 Å². The van der Waals surface area contributed by atoms with Crippen molar-refractivity contribution in [3.8, 4) is 11.5 Å². The molecule has 2 fully saturated rings. The van der Waals surface area contributed by atoms with Gasteiger partial charge in [0, 0.05) is 57.0 Å². The van der Waals surface area contributed by atoms with E-state index in [1.807, 2.05) is 12.4 Å². The molecule has 1 amide bonds. The van der Waals surface area contributed by atoms with Crippen LogP contribution in [0, 0.1) is 5.92 Å². The van der Waals surface area contributed by atoms with Crippen LogP contribution in [0.5, 0.6) is 0 Å². The first kappa shape index (κ1) is 17.0. The van der Waals surface area contributed by atoms with Crippen LogP contribution in [0.15, 0.2) is 18.5 Å². The normalized spacial score (nSPS) is 23.8. The van der Waals surface area contributed by atoms with Crippen molar-refractivity contribution in [1.29, 1.82) is 0 Å². The summed E-state index contributed by atoms with van der Waals surface area (Å²) < 4.78 is 4.29. The molecule has 1 atom stereocenters. The highest BCUT2D eigenvalue weighted by molar-refractivity contribution is 5.79. The van der Waals surface area contributed by atoms with Crippen LogP contribution < -0.4 is 5.32 Å². The Bertz CT molecular complexity index is 795. The minimum absolute atomic E-state index is 0.341. The topological polar surface area (TPSA) is 68.0 Å². The van der Waals surface area contributed by atoms with Crippen molar-refractivity contribution in [2.24, 2.45) is 5.92 Å². The molecule has 2 aliphatic heterocycles. The summed E-state index contributed by atoms with van der Waals surface area (Å²) in [4.78, 5) is 19.2. The number of amides is 1. The molecule has 5 rings (SSSR count). The molecule has 0 radical (unpaired) electrons. The Morgan fingerprint density at radius 3 is 3.00 bits per heavy atom. The molecular formula is C20H28N6O. The molecule has 2 aromatic heterocycles. The van der Waals surface area contributed by atoms with Crippen molar-refractivity contribution in [1.82, 2.24) is 29.5 Å². The van der Waals surface area contributed by atoms with Gasteiger partial charge in [-0.1, -0.05) is 12.8 Å². The highest BCUT2D eigenvalue weighted by Crippen LogP contribution is 2.30. The third-order valence-electron chi connectivity index (χ3n) is 6.30. The molecule has 3 aliphatic rings. The lowest BCUT2D eigenvalue weighted by Crippen LogP contribution is -2.34. The van der Waals surface area contributed by atoms with Gasteiger partial charge in [-0.05, 0) is 31.9 Å². The van der Waals surface area contributed by atoms with E-state index in [0.717, 1.165) is 50.7 Å². The Labute approximate surface area is 159 Å². The fourth-order valence-corrected chi connectivity index (χ4v) is 4.94. The van der Waals surface area contributed by atoms with E-state index in [2.05, 4.69) is 30.5 Å². The van der Waals surface area contributed by atoms with Gasteiger partial charge >= 0.3 is 0 Å². The van der Waals surface area contributed by atoms with Crippen LogP contribution in [0.4, 0.5) is 0 Å². The lowest BCUT2D eigenvalue weighted by molar-refractivity contribution is -0.129. The quantitative estimate of drug-likeness (QED) is 0.897. The van der Waals surface area contributed by atoms with Gasteiger partial charge in [-0.25, -0.2) is 4.98 Å². The van der Waals surface area contributed by atoms with E-state index in [-0.39, 0.29) is 0 Å². The molecule has 144 valence electrons. The van der Waals surface area contributed by atoms with E-state index in [1.54, 1.807) is 0 Å². The Kier molecular flexibility index (Phi) is 4.47. The molecule has 1 aliphatic carbocycles. The number of aryl methyl sites for hydroxylation is 1. The van der Waals surface area contributed by atoms with E-state index in [9.17, 15) is 4.79 Å². The fraction of sp³-hybridized carbons (Fsp3) is 0.650. The molecule has 1 saturated carbocycles. The van der Waals surface area contributed by atoms with Gasteiger partial charge in [0.05, 0.1) is 5.69 Å². The van der Waals surface area contributed by atoms with Gasteiger partial charge < -0.3 is 14.8 Å². The molecule has 27 heavy (non-hydrogen) atoms. The molecule has 0 spiro atoms. The van der Waals surface area contributed by atoms with Gasteiger partial charge in [0.2, 0.25) is 5.91 Å². The molecular weight excluding hydrogens is 340 g/mol. The summed E-state index contributed by atoms with van der Waals surface area (Å²) in [6, 6.07) is 2.64. The number of carbonyl (C=O) groups excluding carboxylic acids is 1. The molecule has 2 aromatic rings. The van der Waals surface area contributed by atoms with Gasteiger partial charge in [0.1, 0.15) is 5.69 Å². The van der Waals surface area contributed by atoms with Crippen molar-refractivity contribution in [2.75, 3.05) is 13.1 Å². The maximum Gasteiger partial charge on any atom is 0.223 e. The van der Waals surface area contributed by atoms with Crippen LogP contribution in [-0.2, 0) is 24.4 Å². The Morgan fingerprint density at radius 1 is 1.22 bits per heavy atom. The highest BCUT2D eigenvalue weighted by atomic mass is 16.2. The van der Waals surface area contributed by atoms with Crippen LogP contribution in [0.1, 0.15) is 44.2 Å². The first-order valence-electron chi connectivity index (χ1n) is 10.4. The van der Waals surface area contributed by atoms with Gasteiger partial charge in [0.15, 0.2) is 5.82 Å². The summed E-state index contributed by atoms with van der Waals surface area (Å²) in [5.41, 5.74) is 2.16. The number of hydrogen-bond donors (Lipinski definition) is 1. The van der Waals surface area contributed by atoms with Crippen molar-refractivity contribution in [2.45, 2.75) is 64.2 Å². The number of likely N-dealkylation sites (tertiary alicyclic amines) is 1. The van der Waals surface area contributed by atoms with Gasteiger partial charge in [-0.2, -0.15) is 5.10 Å². The summed E-state index contributed by atoms with van der Waals surface area (Å²) in [6.07, 6.45) is 10.5. The predicted molar refractivity (Wildman–Crippen MR) is 102 cm³/mol. The molecule has 0 aromatic carbocycles. The van der Waals surface area contributed by atoms with E-state index < -0.39 is 0 Å². The smallest absolute Gasteiger partial charge is 0.223 e. The number of nitrogens with zero attached hydrogens (tertiary/aromatic N) is 5. The van der Waals surface area contributed by atoms with E-state index in [0.29, 0.717) is 24.3 Å². The van der Waals surface area contributed by atoms with Crippen LogP contribution in [0.2, 0.25) is 0 Å². The van der Waals surface area contributed by atoms with Crippen LogP contribution in [0.3, 0.4) is 0 Å². The average molecular weight is 368 g/mol. The lowest BCUT2D eigenvalue weighted by atomic mass is 10.1. The number of hydrogen-bond acceptors (Lipinski definition) is 4. The monoisotopic (exact) mass is 368 g/mol. The number of carbonyl (C=O) groups is 1. The van der Waals surface area contributed by atoms with E-state index in [1.165, 1.54) is 31.4 Å². The van der Waals surface area contributed by atoms with E-state index >= 15 is 0 Å². The Balaban J connectivity index is 1.32. The van der Waals surface area contributed by atoms with Gasteiger partial charge in [-0.15, -0.1) is 0 Å². The second-order valence-corrected chi connectivity index (χ2v) is 8.23. The number of rotatable bonds is 4. The zero-order valence-electron chi connectivity index (χ0n) is 15.8. The summed E-state index contributed by atoms with van der Waals surface area (Å²) in [7, 11) is 0. The Hall–Kier alpha value is -2.15. The SMILES string of the molecule is O=C1C[C@@H](Cn2ccnc2-c2cc3n(n2)CCCNC3)CN1C1CCCC1. The van der Waals surface area contributed by atoms with E-state index in [4.69, 9.17) is 5.10 Å². The summed E-state index contributed by atoms with van der Waals surface area (Å²) in [5, 5.41) is 8.24. The molecule has 0 bridgehead atoms. The average Bonchev–Trinajstić information content (AvgIpc) is 3.42. The molecule has 0 unspecified atom stereocenters. The maximum atomic E-state index is 12.5. The zero-order valence-corrected chi connectivity index (χ0v) is 15.8. The van der Waals surface area contributed by atoms with Crippen LogP contribution >= 0.6 is 0 Å². The van der Waals surface area contributed by atoms with Crippen molar-refractivity contribution >= 4 is 5.91 Å². The minimum atomic E-state index is 0.341. The first-order valence-corrected chi connectivity index (χ1v) is 10.4. The first-order chi connectivity index (χ1) is 13.3. The molecule has 4 heterocycles. The van der Waals surface area contributed by atoms with Crippen LogP contribution in [0.25, 0.3) is 11.5 Å². The number of fused-ring (bicyclic) bond motifs is 1. The van der Waals surface area contributed by atoms with Crippen molar-refractivity contribution < 1.29 is 4.79 Å². The van der Waals surface area contributed by atoms with Crippen molar-refractivity contribution in [3.05, 3.63) is 24.2 Å². The highest BCUT2D eigenvalue weighted by Gasteiger charge is 2.35. The molecule has 1 N–H and O–H groups in total. The molecule has 7 heteroatoms. The molecule has 7 nitrogen and oxygen atoms in total.